The molecule has 0 aliphatic rings. The molecule has 21 heavy (non-hydrogen) atoms. The van der Waals surface area contributed by atoms with E-state index in [0.29, 0.717) is 5.92 Å². The van der Waals surface area contributed by atoms with E-state index in [1.165, 1.54) is 18.3 Å². The molecule has 2 aromatic rings. The summed E-state index contributed by atoms with van der Waals surface area (Å²) in [5.41, 5.74) is 3.81. The summed E-state index contributed by atoms with van der Waals surface area (Å²) in [6.07, 6.45) is 1.98. The van der Waals surface area contributed by atoms with Crippen molar-refractivity contribution in [1.29, 1.82) is 0 Å². The highest BCUT2D eigenvalue weighted by atomic mass is 127. The molecule has 0 aliphatic carbocycles. The Morgan fingerprint density at radius 1 is 0.952 bits per heavy atom. The monoisotopic (exact) mass is 503 g/mol. The van der Waals surface area contributed by atoms with Gasteiger partial charge in [-0.25, -0.2) is 0 Å². The molecule has 0 spiro atoms. The fraction of sp³-hybridized carbons (Fsp3) is 0.278. The first kappa shape index (κ1) is 16.9. The first-order chi connectivity index (χ1) is 9.97. The summed E-state index contributed by atoms with van der Waals surface area (Å²) in [7, 11) is 0. The quantitative estimate of drug-likeness (QED) is 0.348. The van der Waals surface area contributed by atoms with E-state index < -0.39 is 0 Å². The Balaban J connectivity index is 2.12. The molecule has 1 atom stereocenters. The van der Waals surface area contributed by atoms with Crippen LogP contribution in [0.25, 0.3) is 0 Å². The molecule has 0 radical (unpaired) electrons. The van der Waals surface area contributed by atoms with Crippen LogP contribution in [0.4, 0.5) is 0 Å². The lowest BCUT2D eigenvalue weighted by Gasteiger charge is -2.10. The Labute approximate surface area is 154 Å². The van der Waals surface area contributed by atoms with E-state index in [2.05, 4.69) is 108 Å². The summed E-state index contributed by atoms with van der Waals surface area (Å²) in [4.78, 5) is 4.70. The third-order valence-electron chi connectivity index (χ3n) is 3.46. The second-order valence-electron chi connectivity index (χ2n) is 5.44. The van der Waals surface area contributed by atoms with E-state index in [0.717, 1.165) is 5.56 Å². The lowest BCUT2D eigenvalue weighted by molar-refractivity contribution is 0.819. The molecule has 0 amide bonds. The SMILES string of the molecule is CC(C)c1ccc(C=NC(C)c2ccc(I)cc2I)cc1. The molecule has 0 saturated heterocycles. The highest BCUT2D eigenvalue weighted by Gasteiger charge is 2.07. The molecule has 3 heteroatoms. The molecule has 1 nitrogen and oxygen atoms in total. The number of rotatable bonds is 4. The van der Waals surface area contributed by atoms with Gasteiger partial charge in [-0.15, -0.1) is 0 Å². The number of halogens is 2. The van der Waals surface area contributed by atoms with Gasteiger partial charge in [0.1, 0.15) is 0 Å². The minimum Gasteiger partial charge on any atom is -0.285 e. The van der Waals surface area contributed by atoms with Crippen LogP contribution in [0.15, 0.2) is 47.5 Å². The van der Waals surface area contributed by atoms with Crippen LogP contribution in [0.5, 0.6) is 0 Å². The van der Waals surface area contributed by atoms with Crippen molar-refractivity contribution in [2.75, 3.05) is 0 Å². The molecule has 0 bridgehead atoms. The van der Waals surface area contributed by atoms with Gasteiger partial charge in [-0.3, -0.25) is 4.99 Å². The molecule has 0 aliphatic heterocycles. The summed E-state index contributed by atoms with van der Waals surface area (Å²) in [6.45, 7) is 6.57. The fourth-order valence-corrected chi connectivity index (χ4v) is 4.14. The van der Waals surface area contributed by atoms with Crippen molar-refractivity contribution in [3.8, 4) is 0 Å². The van der Waals surface area contributed by atoms with E-state index in [-0.39, 0.29) is 6.04 Å². The van der Waals surface area contributed by atoms with Gasteiger partial charge in [-0.1, -0.05) is 44.2 Å². The van der Waals surface area contributed by atoms with Crippen LogP contribution < -0.4 is 0 Å². The number of benzene rings is 2. The third kappa shape index (κ3) is 4.77. The minimum atomic E-state index is 0.179. The number of hydrogen-bond donors (Lipinski definition) is 0. The molecular formula is C18H19I2N. The average molecular weight is 503 g/mol. The van der Waals surface area contributed by atoms with Gasteiger partial charge in [-0.05, 0) is 86.8 Å². The van der Waals surface area contributed by atoms with Gasteiger partial charge in [0.15, 0.2) is 0 Å². The summed E-state index contributed by atoms with van der Waals surface area (Å²) in [6, 6.07) is 15.3. The molecular weight excluding hydrogens is 484 g/mol. The topological polar surface area (TPSA) is 12.4 Å². The Morgan fingerprint density at radius 3 is 2.19 bits per heavy atom. The van der Waals surface area contributed by atoms with Crippen LogP contribution in [0, 0.1) is 7.14 Å². The van der Waals surface area contributed by atoms with Gasteiger partial charge in [0, 0.05) is 13.4 Å². The standard InChI is InChI=1S/C18H19I2N/c1-12(2)15-6-4-14(5-7-15)11-21-13(3)17-9-8-16(19)10-18(17)20/h4-13H,1-3H3. The minimum absolute atomic E-state index is 0.179. The van der Waals surface area contributed by atoms with Crippen LogP contribution in [-0.4, -0.2) is 6.21 Å². The Bertz CT molecular complexity index is 630. The van der Waals surface area contributed by atoms with Crippen molar-refractivity contribution >= 4 is 51.4 Å². The first-order valence-electron chi connectivity index (χ1n) is 7.05. The van der Waals surface area contributed by atoms with Crippen LogP contribution in [0.2, 0.25) is 0 Å². The normalized spacial score (nSPS) is 13.0. The van der Waals surface area contributed by atoms with E-state index in [1.54, 1.807) is 0 Å². The Morgan fingerprint density at radius 2 is 1.62 bits per heavy atom. The van der Waals surface area contributed by atoms with E-state index in [1.807, 2.05) is 6.21 Å². The van der Waals surface area contributed by atoms with Crippen LogP contribution in [0.1, 0.15) is 49.4 Å². The van der Waals surface area contributed by atoms with Gasteiger partial charge in [0.25, 0.3) is 0 Å². The molecule has 2 rings (SSSR count). The molecule has 0 saturated carbocycles. The summed E-state index contributed by atoms with van der Waals surface area (Å²) >= 11 is 4.73. The maximum atomic E-state index is 4.70. The van der Waals surface area contributed by atoms with Crippen molar-refractivity contribution in [3.63, 3.8) is 0 Å². The number of nitrogens with zero attached hydrogens (tertiary/aromatic N) is 1. The number of hydrogen-bond acceptors (Lipinski definition) is 1. The van der Waals surface area contributed by atoms with E-state index in [4.69, 9.17) is 4.99 Å². The second-order valence-corrected chi connectivity index (χ2v) is 7.85. The van der Waals surface area contributed by atoms with Gasteiger partial charge >= 0.3 is 0 Å². The van der Waals surface area contributed by atoms with Crippen molar-refractivity contribution in [1.82, 2.24) is 0 Å². The Kier molecular flexibility index (Phi) is 6.22. The zero-order valence-electron chi connectivity index (χ0n) is 12.5. The zero-order chi connectivity index (χ0) is 15.4. The summed E-state index contributed by atoms with van der Waals surface area (Å²) in [5, 5.41) is 0. The maximum Gasteiger partial charge on any atom is 0.0731 e. The fourth-order valence-electron chi connectivity index (χ4n) is 2.09. The molecule has 1 unspecified atom stereocenters. The van der Waals surface area contributed by atoms with E-state index in [9.17, 15) is 0 Å². The summed E-state index contributed by atoms with van der Waals surface area (Å²) < 4.78 is 2.54. The van der Waals surface area contributed by atoms with Gasteiger partial charge in [0.05, 0.1) is 6.04 Å². The third-order valence-corrected chi connectivity index (χ3v) is 5.07. The van der Waals surface area contributed by atoms with Crippen LogP contribution >= 0.6 is 45.2 Å². The predicted octanol–water partition coefficient (Wildman–Crippen LogP) is 6.20. The van der Waals surface area contributed by atoms with Crippen LogP contribution in [-0.2, 0) is 0 Å². The highest BCUT2D eigenvalue weighted by molar-refractivity contribution is 14.1. The predicted molar refractivity (Wildman–Crippen MR) is 108 cm³/mol. The zero-order valence-corrected chi connectivity index (χ0v) is 16.8. The van der Waals surface area contributed by atoms with Crippen molar-refractivity contribution in [2.24, 2.45) is 4.99 Å². The smallest absolute Gasteiger partial charge is 0.0731 e. The molecule has 2 aromatic carbocycles. The largest absolute Gasteiger partial charge is 0.285 e. The highest BCUT2D eigenvalue weighted by Crippen LogP contribution is 2.24. The van der Waals surface area contributed by atoms with Crippen molar-refractivity contribution in [2.45, 2.75) is 32.7 Å². The molecule has 0 fully saturated rings. The molecule has 0 aromatic heterocycles. The van der Waals surface area contributed by atoms with Gasteiger partial charge < -0.3 is 0 Å². The van der Waals surface area contributed by atoms with Crippen LogP contribution in [0.3, 0.4) is 0 Å². The average Bonchev–Trinajstić information content (AvgIpc) is 2.45. The number of aliphatic imine (C=N–C) groups is 1. The summed E-state index contributed by atoms with van der Waals surface area (Å²) in [5.74, 6) is 0.572. The first-order valence-corrected chi connectivity index (χ1v) is 9.21. The van der Waals surface area contributed by atoms with E-state index >= 15 is 0 Å². The van der Waals surface area contributed by atoms with Crippen molar-refractivity contribution in [3.05, 3.63) is 66.3 Å². The lowest BCUT2D eigenvalue weighted by Crippen LogP contribution is -1.95. The second kappa shape index (κ2) is 7.72. The molecule has 0 heterocycles. The van der Waals surface area contributed by atoms with Gasteiger partial charge in [-0.2, -0.15) is 0 Å². The Hall–Kier alpha value is -0.430. The molecule has 0 N–H and O–H groups in total. The molecule has 110 valence electrons. The van der Waals surface area contributed by atoms with Crippen molar-refractivity contribution < 1.29 is 0 Å². The maximum absolute atomic E-state index is 4.70. The lowest BCUT2D eigenvalue weighted by atomic mass is 10.0. The van der Waals surface area contributed by atoms with Gasteiger partial charge in [0.2, 0.25) is 0 Å².